The van der Waals surface area contributed by atoms with Crippen LogP contribution in [0.4, 0.5) is 0 Å². The van der Waals surface area contributed by atoms with E-state index in [1.807, 2.05) is 17.7 Å². The van der Waals surface area contributed by atoms with Gasteiger partial charge in [-0.1, -0.05) is 51.9 Å². The fraction of sp³-hybridized carbons (Fsp3) is 0.722. The summed E-state index contributed by atoms with van der Waals surface area (Å²) in [6.07, 6.45) is 10.9. The van der Waals surface area contributed by atoms with Gasteiger partial charge in [0.2, 0.25) is 0 Å². The summed E-state index contributed by atoms with van der Waals surface area (Å²) in [5.41, 5.74) is 3.18. The molecule has 0 bridgehead atoms. The molecular formula is C18H31N3. The number of nitriles is 1. The van der Waals surface area contributed by atoms with Gasteiger partial charge in [-0.2, -0.15) is 5.26 Å². The quantitative estimate of drug-likeness (QED) is 0.612. The lowest BCUT2D eigenvalue weighted by molar-refractivity contribution is 0.554. The second-order valence-electron chi connectivity index (χ2n) is 5.96. The van der Waals surface area contributed by atoms with Crippen LogP contribution in [0.2, 0.25) is 0 Å². The van der Waals surface area contributed by atoms with E-state index in [1.54, 1.807) is 0 Å². The van der Waals surface area contributed by atoms with E-state index >= 15 is 0 Å². The van der Waals surface area contributed by atoms with Gasteiger partial charge in [-0.05, 0) is 31.5 Å². The lowest BCUT2D eigenvalue weighted by Crippen LogP contribution is -2.15. The predicted octanol–water partition coefficient (Wildman–Crippen LogP) is 4.44. The molecule has 0 spiro atoms. The SMILES string of the molecule is CCCCCCCCCCNCc1cc(C#N)n(C)c1C. The molecule has 1 N–H and O–H groups in total. The minimum absolute atomic E-state index is 0.747. The molecule has 1 heterocycles. The maximum absolute atomic E-state index is 9.01. The highest BCUT2D eigenvalue weighted by Crippen LogP contribution is 2.13. The smallest absolute Gasteiger partial charge is 0.120 e. The van der Waals surface area contributed by atoms with Crippen molar-refractivity contribution in [3.05, 3.63) is 23.0 Å². The lowest BCUT2D eigenvalue weighted by Gasteiger charge is -2.05. The summed E-state index contributed by atoms with van der Waals surface area (Å²) in [5.74, 6) is 0. The van der Waals surface area contributed by atoms with Gasteiger partial charge < -0.3 is 9.88 Å². The monoisotopic (exact) mass is 289 g/mol. The Hall–Kier alpha value is -1.27. The highest BCUT2D eigenvalue weighted by atomic mass is 15.0. The van der Waals surface area contributed by atoms with E-state index in [2.05, 4.69) is 25.2 Å². The van der Waals surface area contributed by atoms with Crippen LogP contribution in [0.15, 0.2) is 6.07 Å². The number of aromatic nitrogens is 1. The summed E-state index contributed by atoms with van der Waals surface area (Å²) in [7, 11) is 1.95. The molecule has 0 unspecified atom stereocenters. The number of nitrogens with one attached hydrogen (secondary N) is 1. The van der Waals surface area contributed by atoms with Crippen molar-refractivity contribution in [2.45, 2.75) is 71.8 Å². The summed E-state index contributed by atoms with van der Waals surface area (Å²) in [5, 5.41) is 12.5. The van der Waals surface area contributed by atoms with Crippen LogP contribution in [-0.2, 0) is 13.6 Å². The zero-order valence-corrected chi connectivity index (χ0v) is 14.0. The molecule has 1 aromatic rings. The van der Waals surface area contributed by atoms with Crippen LogP contribution < -0.4 is 5.32 Å². The molecule has 21 heavy (non-hydrogen) atoms. The van der Waals surface area contributed by atoms with Gasteiger partial charge >= 0.3 is 0 Å². The zero-order valence-electron chi connectivity index (χ0n) is 14.0. The van der Waals surface area contributed by atoms with Gasteiger partial charge in [-0.3, -0.25) is 0 Å². The largest absolute Gasteiger partial charge is 0.340 e. The molecule has 0 atom stereocenters. The van der Waals surface area contributed by atoms with Crippen LogP contribution in [-0.4, -0.2) is 11.1 Å². The molecule has 0 radical (unpaired) electrons. The van der Waals surface area contributed by atoms with Crippen molar-refractivity contribution >= 4 is 0 Å². The van der Waals surface area contributed by atoms with Gasteiger partial charge in [0.05, 0.1) is 0 Å². The Morgan fingerprint density at radius 3 is 2.29 bits per heavy atom. The Morgan fingerprint density at radius 1 is 1.10 bits per heavy atom. The molecular weight excluding hydrogens is 258 g/mol. The van der Waals surface area contributed by atoms with Crippen LogP contribution in [0, 0.1) is 18.3 Å². The van der Waals surface area contributed by atoms with Gasteiger partial charge in [-0.15, -0.1) is 0 Å². The molecule has 3 nitrogen and oxygen atoms in total. The molecule has 118 valence electrons. The van der Waals surface area contributed by atoms with Crippen LogP contribution in [0.25, 0.3) is 0 Å². The number of hydrogen-bond donors (Lipinski definition) is 1. The fourth-order valence-corrected chi connectivity index (χ4v) is 2.66. The van der Waals surface area contributed by atoms with Gasteiger partial charge in [0, 0.05) is 19.3 Å². The maximum Gasteiger partial charge on any atom is 0.120 e. The first-order chi connectivity index (χ1) is 10.2. The van der Waals surface area contributed by atoms with Crippen LogP contribution in [0.3, 0.4) is 0 Å². The average Bonchev–Trinajstić information content (AvgIpc) is 2.77. The molecule has 0 amide bonds. The first kappa shape index (κ1) is 17.8. The summed E-state index contributed by atoms with van der Waals surface area (Å²) < 4.78 is 1.97. The van der Waals surface area contributed by atoms with Gasteiger partial charge in [0.25, 0.3) is 0 Å². The number of rotatable bonds is 11. The molecule has 0 aliphatic heterocycles. The van der Waals surface area contributed by atoms with E-state index in [0.717, 1.165) is 18.8 Å². The normalized spacial score (nSPS) is 10.8. The van der Waals surface area contributed by atoms with Gasteiger partial charge in [-0.25, -0.2) is 0 Å². The molecule has 1 rings (SSSR count). The molecule has 0 aliphatic rings. The number of nitrogens with zero attached hydrogens (tertiary/aromatic N) is 2. The minimum atomic E-state index is 0.747. The third-order valence-electron chi connectivity index (χ3n) is 4.28. The molecule has 3 heteroatoms. The van der Waals surface area contributed by atoms with E-state index in [-0.39, 0.29) is 0 Å². The lowest BCUT2D eigenvalue weighted by atomic mass is 10.1. The van der Waals surface area contributed by atoms with E-state index in [1.165, 1.54) is 62.6 Å². The molecule has 0 saturated carbocycles. The standard InChI is InChI=1S/C18H31N3/c1-4-5-6-7-8-9-10-11-12-20-15-17-13-18(14-19)21(3)16(17)2/h13,20H,4-12,15H2,1-3H3. The van der Waals surface area contributed by atoms with Crippen molar-refractivity contribution in [3.63, 3.8) is 0 Å². The molecule has 0 aromatic carbocycles. The van der Waals surface area contributed by atoms with E-state index < -0.39 is 0 Å². The van der Waals surface area contributed by atoms with E-state index in [9.17, 15) is 0 Å². The summed E-state index contributed by atoms with van der Waals surface area (Å²) in [4.78, 5) is 0. The number of unbranched alkanes of at least 4 members (excludes halogenated alkanes) is 7. The second-order valence-corrected chi connectivity index (χ2v) is 5.96. The minimum Gasteiger partial charge on any atom is -0.340 e. The van der Waals surface area contributed by atoms with Crippen molar-refractivity contribution in [2.24, 2.45) is 7.05 Å². The Balaban J connectivity index is 2.06. The number of hydrogen-bond acceptors (Lipinski definition) is 2. The van der Waals surface area contributed by atoms with Crippen molar-refractivity contribution in [1.82, 2.24) is 9.88 Å². The van der Waals surface area contributed by atoms with E-state index in [4.69, 9.17) is 5.26 Å². The van der Waals surface area contributed by atoms with Crippen molar-refractivity contribution in [1.29, 1.82) is 5.26 Å². The third kappa shape index (κ3) is 6.35. The topological polar surface area (TPSA) is 40.8 Å². The highest BCUT2D eigenvalue weighted by Gasteiger charge is 2.07. The van der Waals surface area contributed by atoms with Crippen molar-refractivity contribution in [3.8, 4) is 6.07 Å². The van der Waals surface area contributed by atoms with E-state index in [0.29, 0.717) is 0 Å². The molecule has 0 fully saturated rings. The highest BCUT2D eigenvalue weighted by molar-refractivity contribution is 5.33. The van der Waals surface area contributed by atoms with Crippen molar-refractivity contribution in [2.75, 3.05) is 6.54 Å². The van der Waals surface area contributed by atoms with Crippen LogP contribution in [0.1, 0.15) is 75.2 Å². The first-order valence-electron chi connectivity index (χ1n) is 8.46. The predicted molar refractivity (Wildman–Crippen MR) is 89.2 cm³/mol. The van der Waals surface area contributed by atoms with Crippen molar-refractivity contribution < 1.29 is 0 Å². The Bertz CT molecular complexity index is 440. The van der Waals surface area contributed by atoms with Gasteiger partial charge in [0.1, 0.15) is 11.8 Å². The first-order valence-corrected chi connectivity index (χ1v) is 8.46. The molecule has 0 aliphatic carbocycles. The fourth-order valence-electron chi connectivity index (χ4n) is 2.66. The zero-order chi connectivity index (χ0) is 15.5. The Morgan fingerprint density at radius 2 is 1.71 bits per heavy atom. The Labute approximate surface area is 130 Å². The summed E-state index contributed by atoms with van der Waals surface area (Å²) in [6.45, 7) is 6.29. The third-order valence-corrected chi connectivity index (χ3v) is 4.28. The van der Waals surface area contributed by atoms with Crippen LogP contribution in [0.5, 0.6) is 0 Å². The Kier molecular flexibility index (Phi) is 8.85. The average molecular weight is 289 g/mol. The van der Waals surface area contributed by atoms with Gasteiger partial charge in [0.15, 0.2) is 0 Å². The summed E-state index contributed by atoms with van der Waals surface area (Å²) in [6, 6.07) is 4.23. The second kappa shape index (κ2) is 10.5. The summed E-state index contributed by atoms with van der Waals surface area (Å²) >= 11 is 0. The maximum atomic E-state index is 9.01. The molecule has 0 saturated heterocycles. The molecule has 1 aromatic heterocycles. The van der Waals surface area contributed by atoms with Crippen LogP contribution >= 0.6 is 0 Å².